The van der Waals surface area contributed by atoms with Gasteiger partial charge in [-0.05, 0) is 85.9 Å². The Balaban J connectivity index is 1.32. The number of rotatable bonds is 21. The first-order valence-corrected chi connectivity index (χ1v) is 23.5. The molecule has 0 saturated heterocycles. The molecule has 1 atom stereocenters. The fourth-order valence-corrected chi connectivity index (χ4v) is 8.34. The molecule has 0 bridgehead atoms. The first-order chi connectivity index (χ1) is 30.4. The van der Waals surface area contributed by atoms with Crippen LogP contribution in [0.15, 0.2) is 69.9 Å². The van der Waals surface area contributed by atoms with Crippen LogP contribution in [0.5, 0.6) is 5.75 Å². The van der Waals surface area contributed by atoms with Crippen LogP contribution in [0.4, 0.5) is 17.1 Å². The second-order valence-electron chi connectivity index (χ2n) is 17.7. The number of nitrogens with zero attached hydrogens (tertiary/aromatic N) is 6. The van der Waals surface area contributed by atoms with Crippen molar-refractivity contribution in [3.05, 3.63) is 97.7 Å². The second-order valence-corrected chi connectivity index (χ2v) is 19.0. The molecule has 1 aromatic heterocycles. The molecular weight excluding hydrogens is 871 g/mol. The lowest BCUT2D eigenvalue weighted by molar-refractivity contribution is -0.118. The summed E-state index contributed by atoms with van der Waals surface area (Å²) in [5, 5.41) is 25.1. The summed E-state index contributed by atoms with van der Waals surface area (Å²) in [4.78, 5) is 41.2. The number of hydrogen-bond donors (Lipinski definition) is 2. The molecule has 12 nitrogen and oxygen atoms in total. The highest BCUT2D eigenvalue weighted by Gasteiger charge is 2.40. The molecule has 2 N–H and O–H groups in total. The Hall–Kier alpha value is -4.78. The third-order valence-corrected chi connectivity index (χ3v) is 13.0. The van der Waals surface area contributed by atoms with Crippen LogP contribution in [0.1, 0.15) is 146 Å². The molecule has 1 aliphatic heterocycles. The summed E-state index contributed by atoms with van der Waals surface area (Å²) in [6.07, 6.45) is 11.5. The van der Waals surface area contributed by atoms with Gasteiger partial charge < -0.3 is 15.4 Å². The molecule has 64 heavy (non-hydrogen) atoms. The number of hydrazone groups is 1. The van der Waals surface area contributed by atoms with E-state index < -0.39 is 23.8 Å². The van der Waals surface area contributed by atoms with Gasteiger partial charge in [0.2, 0.25) is 6.04 Å². The number of halogens is 3. The molecule has 3 amide bonds. The lowest BCUT2D eigenvalue weighted by atomic mass is 9.76. The number of ether oxygens (including phenoxy) is 1. The first kappa shape index (κ1) is 50.2. The van der Waals surface area contributed by atoms with Crippen LogP contribution >= 0.6 is 34.8 Å². The topological polar surface area (TPSA) is 143 Å². The maximum Gasteiger partial charge on any atom is 0.282 e. The standard InChI is InChI=1S/C49H63Cl3N8O4/c1-10-13-14-15-16-17-18-19-25-59-32(5)42(31(4)57-59)55-56-43-45(58-60(47(43)63)44-38(51)28-35(50)29-39(44)52)54-46(62)33-21-20-22-36(26-33)53-41(61)30-64-40-24-23-34(48(6,7)11-2)27-37(40)49(8,9)12-3/h20-24,26-29,43H,10-19,25,30H2,1-9H3,(H,53,61)(H,54,58,62)/t43-/m1/s1. The molecule has 0 spiro atoms. The van der Waals surface area contributed by atoms with Gasteiger partial charge in [0.25, 0.3) is 17.7 Å². The maximum absolute atomic E-state index is 14.1. The number of amidine groups is 1. The smallest absolute Gasteiger partial charge is 0.282 e. The van der Waals surface area contributed by atoms with Crippen LogP contribution in [0, 0.1) is 13.8 Å². The van der Waals surface area contributed by atoms with E-state index in [1.807, 2.05) is 24.6 Å². The third-order valence-electron chi connectivity index (χ3n) is 12.2. The number of aryl methyl sites for hydroxylation is 2. The highest BCUT2D eigenvalue weighted by atomic mass is 35.5. The van der Waals surface area contributed by atoms with Crippen molar-refractivity contribution in [2.75, 3.05) is 16.9 Å². The van der Waals surface area contributed by atoms with Gasteiger partial charge in [0.15, 0.2) is 12.4 Å². The van der Waals surface area contributed by atoms with Gasteiger partial charge in [-0.15, -0.1) is 5.10 Å². The van der Waals surface area contributed by atoms with E-state index in [0.29, 0.717) is 22.8 Å². The molecule has 0 fully saturated rings. The average Bonchev–Trinajstić information content (AvgIpc) is 3.70. The zero-order chi connectivity index (χ0) is 46.8. The fraction of sp³-hybridized carbons (Fsp3) is 0.490. The molecule has 15 heteroatoms. The molecule has 0 aliphatic carbocycles. The lowest BCUT2D eigenvalue weighted by Gasteiger charge is -2.30. The number of carbonyl (C=O) groups is 3. The van der Waals surface area contributed by atoms with E-state index in [-0.39, 0.29) is 49.6 Å². The van der Waals surface area contributed by atoms with Crippen molar-refractivity contribution in [3.8, 4) is 5.75 Å². The number of azo groups is 1. The Bertz CT molecular complexity index is 2350. The minimum Gasteiger partial charge on any atom is -0.483 e. The average molecular weight is 934 g/mol. The molecule has 0 saturated carbocycles. The van der Waals surface area contributed by atoms with Crippen molar-refractivity contribution in [3.63, 3.8) is 0 Å². The first-order valence-electron chi connectivity index (χ1n) is 22.4. The predicted octanol–water partition coefficient (Wildman–Crippen LogP) is 13.2. The van der Waals surface area contributed by atoms with Crippen molar-refractivity contribution in [2.24, 2.45) is 15.3 Å². The summed E-state index contributed by atoms with van der Waals surface area (Å²) < 4.78 is 8.05. The highest BCUT2D eigenvalue weighted by molar-refractivity contribution is 6.43. The van der Waals surface area contributed by atoms with Crippen LogP contribution in [0.2, 0.25) is 15.1 Å². The van der Waals surface area contributed by atoms with Gasteiger partial charge in [0.1, 0.15) is 17.1 Å². The Kier molecular flexibility index (Phi) is 17.6. The van der Waals surface area contributed by atoms with Crippen LogP contribution in [-0.4, -0.2) is 46.0 Å². The zero-order valence-corrected chi connectivity index (χ0v) is 41.0. The lowest BCUT2D eigenvalue weighted by Crippen LogP contribution is -2.39. The fourth-order valence-electron chi connectivity index (χ4n) is 7.37. The number of aromatic nitrogens is 2. The summed E-state index contributed by atoms with van der Waals surface area (Å²) in [5.41, 5.74) is 4.67. The second kappa shape index (κ2) is 22.4. The van der Waals surface area contributed by atoms with Crippen molar-refractivity contribution >= 4 is 75.4 Å². The minimum atomic E-state index is -1.37. The van der Waals surface area contributed by atoms with Gasteiger partial charge >= 0.3 is 0 Å². The molecule has 344 valence electrons. The molecular formula is C49H63Cl3N8O4. The summed E-state index contributed by atoms with van der Waals surface area (Å²) >= 11 is 19.2. The summed E-state index contributed by atoms with van der Waals surface area (Å²) in [6, 6.07) is 14.1. The molecule has 1 aliphatic rings. The van der Waals surface area contributed by atoms with E-state index in [1.165, 1.54) is 62.3 Å². The van der Waals surface area contributed by atoms with Crippen LogP contribution in [-0.2, 0) is 27.0 Å². The van der Waals surface area contributed by atoms with E-state index in [2.05, 4.69) is 86.6 Å². The largest absolute Gasteiger partial charge is 0.483 e. The van der Waals surface area contributed by atoms with Gasteiger partial charge in [-0.25, -0.2) is 0 Å². The highest BCUT2D eigenvalue weighted by Crippen LogP contribution is 2.40. The van der Waals surface area contributed by atoms with Gasteiger partial charge in [-0.1, -0.05) is 146 Å². The Morgan fingerprint density at radius 2 is 1.48 bits per heavy atom. The van der Waals surface area contributed by atoms with Crippen LogP contribution in [0.3, 0.4) is 0 Å². The maximum atomic E-state index is 14.1. The summed E-state index contributed by atoms with van der Waals surface area (Å²) in [7, 11) is 0. The van der Waals surface area contributed by atoms with E-state index in [4.69, 9.17) is 44.6 Å². The molecule has 5 rings (SSSR count). The third kappa shape index (κ3) is 12.5. The number of amides is 3. The monoisotopic (exact) mass is 932 g/mol. The van der Waals surface area contributed by atoms with E-state index in [0.717, 1.165) is 48.5 Å². The molecule has 4 aromatic rings. The van der Waals surface area contributed by atoms with Crippen molar-refractivity contribution in [1.82, 2.24) is 15.1 Å². The number of hydrogen-bond acceptors (Lipinski definition) is 8. The predicted molar refractivity (Wildman–Crippen MR) is 260 cm³/mol. The SMILES string of the molecule is CCCCCCCCCCn1nc(C)c(N=N[C@H]2C(=O)N(c3c(Cl)cc(Cl)cc3Cl)N=C2NC(=O)c2cccc(NC(=O)COc3ccc(C(C)(C)CC)cc3C(C)(C)CC)c2)c1C. The summed E-state index contributed by atoms with van der Waals surface area (Å²) in [6.45, 7) is 19.6. The minimum absolute atomic E-state index is 0.0103. The Morgan fingerprint density at radius 3 is 2.14 bits per heavy atom. The zero-order valence-electron chi connectivity index (χ0n) is 38.7. The molecule has 0 unspecified atom stereocenters. The molecule has 0 radical (unpaired) electrons. The Morgan fingerprint density at radius 1 is 0.828 bits per heavy atom. The summed E-state index contributed by atoms with van der Waals surface area (Å²) in [5.74, 6) is -1.12. The van der Waals surface area contributed by atoms with Gasteiger partial charge in [-0.3, -0.25) is 19.1 Å². The van der Waals surface area contributed by atoms with Gasteiger partial charge in [0, 0.05) is 28.4 Å². The van der Waals surface area contributed by atoms with Crippen molar-refractivity contribution < 1.29 is 19.1 Å². The number of carbonyl (C=O) groups excluding carboxylic acids is 3. The number of unbranched alkanes of at least 4 members (excludes halogenated alkanes) is 7. The Labute approximate surface area is 393 Å². The van der Waals surface area contributed by atoms with E-state index in [1.54, 1.807) is 18.2 Å². The van der Waals surface area contributed by atoms with E-state index >= 15 is 0 Å². The molecule has 3 aromatic carbocycles. The number of anilines is 2. The van der Waals surface area contributed by atoms with E-state index in [9.17, 15) is 14.4 Å². The number of benzene rings is 3. The van der Waals surface area contributed by atoms with Gasteiger partial charge in [0.05, 0.1) is 21.4 Å². The quantitative estimate of drug-likeness (QED) is 0.0632. The van der Waals surface area contributed by atoms with Crippen molar-refractivity contribution in [1.29, 1.82) is 0 Å². The number of nitrogens with one attached hydrogen (secondary N) is 2. The van der Waals surface area contributed by atoms with Crippen molar-refractivity contribution in [2.45, 2.75) is 150 Å². The molecule has 2 heterocycles. The normalized spacial score (nSPS) is 14.4. The van der Waals surface area contributed by atoms with Crippen LogP contribution in [0.25, 0.3) is 0 Å². The van der Waals surface area contributed by atoms with Crippen LogP contribution < -0.4 is 20.4 Å². The van der Waals surface area contributed by atoms with Gasteiger partial charge in [-0.2, -0.15) is 20.3 Å².